The summed E-state index contributed by atoms with van der Waals surface area (Å²) in [6.07, 6.45) is 0. The van der Waals surface area contributed by atoms with Crippen LogP contribution in [0, 0.1) is 17.4 Å². The van der Waals surface area contributed by atoms with Gasteiger partial charge in [-0.1, -0.05) is 12.1 Å². The number of rotatable bonds is 12. The largest absolute Gasteiger partial charge is 0.491 e. The number of hydrogen-bond donors (Lipinski definition) is 5. The number of nitrogens with zero attached hydrogens (tertiary/aromatic N) is 6. The Balaban J connectivity index is 0.000000280. The van der Waals surface area contributed by atoms with E-state index >= 15 is 0 Å². The molecule has 4 amide bonds. The smallest absolute Gasteiger partial charge is 0.337 e. The maximum absolute atomic E-state index is 12.4. The standard InChI is InChI=1S/C14H16ClN5O5S.C13H12IN5O6S/c1-9-16-12(19-14(17-9)24-2)18-13(21)20-26(22,23)11-6-4-3-5-10(11)25-8-7-15;1-6-15-11(18-13(16-6)25-2)17-12(22)19-26(23,24)9-5-7(14)3-4-8(9)10(20)21/h3-6H,7-8H2,1-2H3,(H2,16,17,18,19,20,21);3-5H,1-2H3,(H,20,21)(H2,15,16,17,18,19,22). The second-order valence-electron chi connectivity index (χ2n) is 9.43. The van der Waals surface area contributed by atoms with E-state index in [-0.39, 0.29) is 58.7 Å². The van der Waals surface area contributed by atoms with Crippen LogP contribution in [0.15, 0.2) is 52.3 Å². The van der Waals surface area contributed by atoms with Crippen molar-refractivity contribution in [1.29, 1.82) is 0 Å². The molecule has 0 aliphatic rings. The van der Waals surface area contributed by atoms with E-state index in [1.165, 1.54) is 45.4 Å². The monoisotopic (exact) mass is 894 g/mol. The predicted molar refractivity (Wildman–Crippen MR) is 190 cm³/mol. The fraction of sp³-hybridized carbons (Fsp3) is 0.222. The molecule has 2 aromatic heterocycles. The van der Waals surface area contributed by atoms with Gasteiger partial charge in [-0.15, -0.1) is 11.6 Å². The number of sulfonamides is 2. The zero-order chi connectivity index (χ0) is 38.6. The molecule has 0 unspecified atom stereocenters. The van der Waals surface area contributed by atoms with Crippen molar-refractivity contribution in [2.24, 2.45) is 0 Å². The summed E-state index contributed by atoms with van der Waals surface area (Å²) in [7, 11) is -5.99. The van der Waals surface area contributed by atoms with Gasteiger partial charge in [0.2, 0.25) is 11.9 Å². The summed E-state index contributed by atoms with van der Waals surface area (Å²) in [6.45, 7) is 3.20. The lowest BCUT2D eigenvalue weighted by molar-refractivity contribution is 0.0692. The SMILES string of the molecule is COc1nc(C)nc(NC(=O)NS(=O)(=O)c2cc(I)ccc2C(=O)O)n1.COc1nc(C)nc(NC(=O)NS(=O)(=O)c2ccccc2OCCCl)n1. The number of carboxylic acid groups (broad SMARTS) is 1. The Kier molecular flexibility index (Phi) is 14.5. The number of aromatic nitrogens is 6. The van der Waals surface area contributed by atoms with Crippen LogP contribution in [0.5, 0.6) is 17.8 Å². The van der Waals surface area contributed by atoms with Crippen molar-refractivity contribution in [3.05, 3.63) is 63.2 Å². The number of alkyl halides is 1. The van der Waals surface area contributed by atoms with E-state index in [4.69, 9.17) is 30.9 Å². The number of carbonyl (C=O) groups excluding carboxylic acids is 2. The first-order valence-corrected chi connectivity index (χ1v) is 18.6. The normalized spacial score (nSPS) is 10.9. The second kappa shape index (κ2) is 18.3. The van der Waals surface area contributed by atoms with Gasteiger partial charge in [-0.05, 0) is 66.8 Å². The van der Waals surface area contributed by atoms with Crippen molar-refractivity contribution in [1.82, 2.24) is 39.3 Å². The number of anilines is 2. The summed E-state index contributed by atoms with van der Waals surface area (Å²) in [5.74, 6) is -1.05. The summed E-state index contributed by atoms with van der Waals surface area (Å²) in [5.41, 5.74) is -0.469. The maximum atomic E-state index is 12.4. The highest BCUT2D eigenvalue weighted by Gasteiger charge is 2.26. The highest BCUT2D eigenvalue weighted by atomic mass is 127. The van der Waals surface area contributed by atoms with Crippen molar-refractivity contribution >= 4 is 84.2 Å². The van der Waals surface area contributed by atoms with E-state index in [1.54, 1.807) is 17.7 Å². The lowest BCUT2D eigenvalue weighted by Gasteiger charge is -2.12. The van der Waals surface area contributed by atoms with E-state index in [0.717, 1.165) is 12.1 Å². The van der Waals surface area contributed by atoms with Gasteiger partial charge in [-0.2, -0.15) is 29.9 Å². The minimum atomic E-state index is -4.45. The zero-order valence-electron chi connectivity index (χ0n) is 27.2. The quantitative estimate of drug-likeness (QED) is 0.101. The molecular weight excluding hydrogens is 867 g/mol. The lowest BCUT2D eigenvalue weighted by Crippen LogP contribution is -2.35. The van der Waals surface area contributed by atoms with E-state index in [1.807, 2.05) is 27.3 Å². The van der Waals surface area contributed by atoms with Gasteiger partial charge in [0.25, 0.3) is 20.0 Å². The third-order valence-corrected chi connectivity index (χ3v) is 9.23. The molecule has 0 saturated carbocycles. The van der Waals surface area contributed by atoms with Crippen molar-refractivity contribution in [2.45, 2.75) is 23.6 Å². The Morgan fingerprint density at radius 3 is 1.75 bits per heavy atom. The molecule has 2 heterocycles. The summed E-state index contributed by atoms with van der Waals surface area (Å²) in [6, 6.07) is 7.25. The van der Waals surface area contributed by atoms with Crippen LogP contribution < -0.4 is 34.3 Å². The molecule has 2 aromatic carbocycles. The molecule has 4 rings (SSSR count). The van der Waals surface area contributed by atoms with Gasteiger partial charge in [0.1, 0.15) is 33.8 Å². The molecular formula is C27H28ClIN10O11S2. The van der Waals surface area contributed by atoms with Gasteiger partial charge in [-0.3, -0.25) is 10.6 Å². The Morgan fingerprint density at radius 1 is 0.769 bits per heavy atom. The number of para-hydroxylation sites is 1. The number of benzene rings is 2. The average Bonchev–Trinajstić information content (AvgIpc) is 3.06. The Hall–Kier alpha value is -5.21. The lowest BCUT2D eigenvalue weighted by atomic mass is 10.2. The fourth-order valence-electron chi connectivity index (χ4n) is 3.65. The molecule has 0 atom stereocenters. The first kappa shape index (κ1) is 41.2. The zero-order valence-corrected chi connectivity index (χ0v) is 31.8. The third-order valence-electron chi connectivity index (χ3n) is 5.66. The van der Waals surface area contributed by atoms with Crippen LogP contribution in [-0.4, -0.2) is 96.6 Å². The molecule has 278 valence electrons. The van der Waals surface area contributed by atoms with Crippen molar-refractivity contribution in [3.63, 3.8) is 0 Å². The number of nitrogens with one attached hydrogen (secondary N) is 4. The molecule has 0 spiro atoms. The highest BCUT2D eigenvalue weighted by molar-refractivity contribution is 14.1. The number of carbonyl (C=O) groups is 3. The van der Waals surface area contributed by atoms with Crippen LogP contribution in [0.2, 0.25) is 0 Å². The number of aromatic carboxylic acids is 1. The number of aryl methyl sites for hydroxylation is 2. The summed E-state index contributed by atoms with van der Waals surface area (Å²) in [4.78, 5) is 57.4. The molecule has 25 heteroatoms. The van der Waals surface area contributed by atoms with Crippen LogP contribution in [0.25, 0.3) is 0 Å². The molecule has 0 aliphatic carbocycles. The first-order valence-electron chi connectivity index (χ1n) is 14.0. The predicted octanol–water partition coefficient (Wildman–Crippen LogP) is 2.32. The summed E-state index contributed by atoms with van der Waals surface area (Å²) < 4.78 is 68.7. The van der Waals surface area contributed by atoms with Crippen molar-refractivity contribution in [2.75, 3.05) is 37.3 Å². The van der Waals surface area contributed by atoms with E-state index in [2.05, 4.69) is 40.5 Å². The fourth-order valence-corrected chi connectivity index (χ4v) is 6.62. The Labute approximate surface area is 314 Å². The average molecular weight is 895 g/mol. The van der Waals surface area contributed by atoms with Gasteiger partial charge in [-0.25, -0.2) is 40.7 Å². The highest BCUT2D eigenvalue weighted by Crippen LogP contribution is 2.23. The maximum Gasteiger partial charge on any atom is 0.337 e. The van der Waals surface area contributed by atoms with Gasteiger partial charge >= 0.3 is 30.1 Å². The Bertz CT molecular complexity index is 2180. The number of urea groups is 2. The number of ether oxygens (including phenoxy) is 3. The van der Waals surface area contributed by atoms with Crippen LogP contribution in [-0.2, 0) is 20.0 Å². The molecule has 5 N–H and O–H groups in total. The van der Waals surface area contributed by atoms with Gasteiger partial charge in [0.05, 0.1) is 25.7 Å². The van der Waals surface area contributed by atoms with Crippen LogP contribution in [0.1, 0.15) is 22.0 Å². The number of halogens is 2. The van der Waals surface area contributed by atoms with Gasteiger partial charge < -0.3 is 19.3 Å². The number of hydrogen-bond acceptors (Lipinski definition) is 16. The molecule has 0 fully saturated rings. The van der Waals surface area contributed by atoms with E-state index in [0.29, 0.717) is 3.57 Å². The van der Waals surface area contributed by atoms with E-state index < -0.39 is 48.5 Å². The molecule has 52 heavy (non-hydrogen) atoms. The topological polar surface area (TPSA) is 293 Å². The minimum absolute atomic E-state index is 0.0181. The van der Waals surface area contributed by atoms with Gasteiger partial charge in [0, 0.05) is 3.57 Å². The first-order chi connectivity index (χ1) is 24.5. The summed E-state index contributed by atoms with van der Waals surface area (Å²) in [5, 5.41) is 13.5. The molecule has 0 radical (unpaired) electrons. The van der Waals surface area contributed by atoms with Crippen molar-refractivity contribution in [3.8, 4) is 17.8 Å². The molecule has 21 nitrogen and oxygen atoms in total. The van der Waals surface area contributed by atoms with Crippen LogP contribution in [0.4, 0.5) is 21.5 Å². The molecule has 4 aromatic rings. The molecule has 0 saturated heterocycles. The van der Waals surface area contributed by atoms with Crippen molar-refractivity contribution < 1.29 is 50.5 Å². The van der Waals surface area contributed by atoms with E-state index in [9.17, 15) is 31.2 Å². The molecule has 0 bridgehead atoms. The van der Waals surface area contributed by atoms with Gasteiger partial charge in [0.15, 0.2) is 0 Å². The second-order valence-corrected chi connectivity index (χ2v) is 14.4. The number of amides is 4. The minimum Gasteiger partial charge on any atom is -0.491 e. The third kappa shape index (κ3) is 11.9. The summed E-state index contributed by atoms with van der Waals surface area (Å²) >= 11 is 7.37. The number of methoxy groups -OCH3 is 2. The van der Waals surface area contributed by atoms with Crippen LogP contribution in [0.3, 0.4) is 0 Å². The Morgan fingerprint density at radius 2 is 1.27 bits per heavy atom. The van der Waals surface area contributed by atoms with Crippen LogP contribution >= 0.6 is 34.2 Å². The molecule has 0 aliphatic heterocycles. The number of carboxylic acids is 1.